The molecule has 0 saturated carbocycles. The number of rotatable bonds is 6. The fourth-order valence-electron chi connectivity index (χ4n) is 4.75. The molecule has 1 heterocycles. The van der Waals surface area contributed by atoms with E-state index in [1.165, 1.54) is 26.4 Å². The Morgan fingerprint density at radius 2 is 1.60 bits per heavy atom. The average Bonchev–Trinajstić information content (AvgIpc) is 3.16. The molecule has 1 fully saturated rings. The smallest absolute Gasteiger partial charge is 0.416 e. The molecule has 1 atom stereocenters. The molecule has 3 aromatic carbocycles. The number of Topliss-reactive ketones (excluding diaryl/α,β-unsaturated/α-hetero) is 1. The molecule has 0 radical (unpaired) electrons. The lowest BCUT2D eigenvalue weighted by Crippen LogP contribution is -2.29. The Balaban J connectivity index is 1.93. The zero-order valence-electron chi connectivity index (χ0n) is 22.8. The van der Waals surface area contributed by atoms with Crippen molar-refractivity contribution >= 4 is 17.4 Å². The first kappa shape index (κ1) is 28.7. The summed E-state index contributed by atoms with van der Waals surface area (Å²) in [5, 5.41) is 11.6. The molecule has 0 bridgehead atoms. The largest absolute Gasteiger partial charge is 0.507 e. The number of likely N-dealkylation sites (tertiary alicyclic amines) is 1. The number of ketones is 1. The van der Waals surface area contributed by atoms with Gasteiger partial charge in [0.1, 0.15) is 17.3 Å². The van der Waals surface area contributed by atoms with Crippen LogP contribution in [0.2, 0.25) is 0 Å². The summed E-state index contributed by atoms with van der Waals surface area (Å²) in [6, 6.07) is 15.3. The first-order valence-corrected chi connectivity index (χ1v) is 12.5. The highest BCUT2D eigenvalue weighted by Gasteiger charge is 2.46. The lowest BCUT2D eigenvalue weighted by Gasteiger charge is -2.26. The van der Waals surface area contributed by atoms with Crippen LogP contribution in [0, 0.1) is 0 Å². The Morgan fingerprint density at radius 1 is 0.900 bits per heavy atom. The number of halogens is 3. The van der Waals surface area contributed by atoms with Crippen molar-refractivity contribution in [1.82, 2.24) is 4.90 Å². The standard InChI is InChI=1S/C31H30F3NO5/c1-30(2,3)20-12-13-24(40-5)23(16-20)27(36)25-26(19-9-7-11-22(15-19)39-4)35(29(38)28(25)37)17-18-8-6-10-21(14-18)31(32,33)34/h6-16,26,36H,17H2,1-5H3/b27-25+. The molecule has 1 unspecified atom stereocenters. The summed E-state index contributed by atoms with van der Waals surface area (Å²) in [4.78, 5) is 28.1. The van der Waals surface area contributed by atoms with E-state index in [-0.39, 0.29) is 28.7 Å². The number of methoxy groups -OCH3 is 2. The van der Waals surface area contributed by atoms with Crippen LogP contribution >= 0.6 is 0 Å². The zero-order valence-corrected chi connectivity index (χ0v) is 22.8. The van der Waals surface area contributed by atoms with Crippen LogP contribution in [0.1, 0.15) is 54.6 Å². The highest BCUT2D eigenvalue weighted by molar-refractivity contribution is 6.46. The third-order valence-electron chi connectivity index (χ3n) is 6.88. The Hall–Kier alpha value is -4.27. The number of aliphatic hydroxyl groups excluding tert-OH is 1. The number of ether oxygens (including phenoxy) is 2. The van der Waals surface area contributed by atoms with Gasteiger partial charge in [-0.3, -0.25) is 9.59 Å². The van der Waals surface area contributed by atoms with Gasteiger partial charge in [-0.05, 0) is 58.5 Å². The molecule has 0 aromatic heterocycles. The monoisotopic (exact) mass is 553 g/mol. The number of hydrogen-bond donors (Lipinski definition) is 1. The third-order valence-corrected chi connectivity index (χ3v) is 6.88. The molecule has 1 aliphatic rings. The van der Waals surface area contributed by atoms with Crippen LogP contribution < -0.4 is 9.47 Å². The van der Waals surface area contributed by atoms with Crippen molar-refractivity contribution in [3.05, 3.63) is 100 Å². The Labute approximate surface area is 230 Å². The molecule has 1 N–H and O–H groups in total. The maximum absolute atomic E-state index is 13.5. The van der Waals surface area contributed by atoms with Crippen molar-refractivity contribution in [2.24, 2.45) is 0 Å². The van der Waals surface area contributed by atoms with Gasteiger partial charge in [0.2, 0.25) is 0 Å². The number of amides is 1. The quantitative estimate of drug-likeness (QED) is 0.210. The van der Waals surface area contributed by atoms with Crippen molar-refractivity contribution in [1.29, 1.82) is 0 Å². The number of carbonyl (C=O) groups excluding carboxylic acids is 2. The predicted molar refractivity (Wildman–Crippen MR) is 144 cm³/mol. The van der Waals surface area contributed by atoms with Gasteiger partial charge in [-0.15, -0.1) is 0 Å². The minimum Gasteiger partial charge on any atom is -0.507 e. The SMILES string of the molecule is COc1cccc(C2/C(=C(\O)c3cc(C(C)(C)C)ccc3OC)C(=O)C(=O)N2Cc2cccc(C(F)(F)F)c2)c1. The van der Waals surface area contributed by atoms with E-state index in [9.17, 15) is 27.9 Å². The van der Waals surface area contributed by atoms with E-state index in [1.54, 1.807) is 36.4 Å². The van der Waals surface area contributed by atoms with Crippen LogP contribution in [0.15, 0.2) is 72.3 Å². The van der Waals surface area contributed by atoms with E-state index in [1.807, 2.05) is 26.8 Å². The predicted octanol–water partition coefficient (Wildman–Crippen LogP) is 6.64. The summed E-state index contributed by atoms with van der Waals surface area (Å²) in [7, 11) is 2.89. The molecular weight excluding hydrogens is 523 g/mol. The summed E-state index contributed by atoms with van der Waals surface area (Å²) in [6.07, 6.45) is -4.58. The average molecular weight is 554 g/mol. The number of alkyl halides is 3. The van der Waals surface area contributed by atoms with Crippen LogP contribution in [0.25, 0.3) is 5.76 Å². The molecular formula is C31H30F3NO5. The number of carbonyl (C=O) groups is 2. The second kappa shape index (κ2) is 10.7. The van der Waals surface area contributed by atoms with Crippen molar-refractivity contribution < 1.29 is 37.3 Å². The van der Waals surface area contributed by atoms with Gasteiger partial charge in [-0.1, -0.05) is 51.1 Å². The van der Waals surface area contributed by atoms with E-state index < -0.39 is 35.2 Å². The lowest BCUT2D eigenvalue weighted by atomic mass is 9.85. The van der Waals surface area contributed by atoms with Crippen LogP contribution in [-0.2, 0) is 27.7 Å². The highest BCUT2D eigenvalue weighted by Crippen LogP contribution is 2.43. The van der Waals surface area contributed by atoms with Gasteiger partial charge in [0, 0.05) is 6.54 Å². The first-order chi connectivity index (χ1) is 18.8. The van der Waals surface area contributed by atoms with Gasteiger partial charge < -0.3 is 19.5 Å². The number of aliphatic hydroxyl groups is 1. The summed E-state index contributed by atoms with van der Waals surface area (Å²) in [5.74, 6) is -1.62. The minimum absolute atomic E-state index is 0.178. The fourth-order valence-corrected chi connectivity index (χ4v) is 4.75. The van der Waals surface area contributed by atoms with E-state index in [2.05, 4.69) is 0 Å². The third kappa shape index (κ3) is 5.54. The van der Waals surface area contributed by atoms with Gasteiger partial charge in [0.15, 0.2) is 0 Å². The van der Waals surface area contributed by atoms with Gasteiger partial charge in [-0.25, -0.2) is 0 Å². The van der Waals surface area contributed by atoms with Crippen molar-refractivity contribution in [3.8, 4) is 11.5 Å². The fraction of sp³-hybridized carbons (Fsp3) is 0.290. The molecule has 3 aromatic rings. The number of nitrogens with zero attached hydrogens (tertiary/aromatic N) is 1. The second-order valence-electron chi connectivity index (χ2n) is 10.6. The molecule has 210 valence electrons. The van der Waals surface area contributed by atoms with E-state index in [0.29, 0.717) is 17.1 Å². The maximum Gasteiger partial charge on any atom is 0.416 e. The van der Waals surface area contributed by atoms with E-state index in [4.69, 9.17) is 9.47 Å². The molecule has 0 spiro atoms. The summed E-state index contributed by atoms with van der Waals surface area (Å²) in [5.41, 5.74) is 0.321. The molecule has 9 heteroatoms. The van der Waals surface area contributed by atoms with Crippen molar-refractivity contribution in [3.63, 3.8) is 0 Å². The van der Waals surface area contributed by atoms with E-state index in [0.717, 1.165) is 22.6 Å². The van der Waals surface area contributed by atoms with Gasteiger partial charge in [-0.2, -0.15) is 13.2 Å². The van der Waals surface area contributed by atoms with Gasteiger partial charge in [0.05, 0.1) is 37.0 Å². The molecule has 0 aliphatic carbocycles. The van der Waals surface area contributed by atoms with Crippen molar-refractivity contribution in [2.75, 3.05) is 14.2 Å². The summed E-state index contributed by atoms with van der Waals surface area (Å²) < 4.78 is 51.0. The maximum atomic E-state index is 13.5. The van der Waals surface area contributed by atoms with Gasteiger partial charge in [0.25, 0.3) is 11.7 Å². The van der Waals surface area contributed by atoms with Crippen LogP contribution in [0.4, 0.5) is 13.2 Å². The topological polar surface area (TPSA) is 76.1 Å². The molecule has 4 rings (SSSR count). The lowest BCUT2D eigenvalue weighted by molar-refractivity contribution is -0.140. The minimum atomic E-state index is -4.58. The Morgan fingerprint density at radius 3 is 2.23 bits per heavy atom. The van der Waals surface area contributed by atoms with Crippen LogP contribution in [0.5, 0.6) is 11.5 Å². The molecule has 6 nitrogen and oxygen atoms in total. The van der Waals surface area contributed by atoms with Crippen LogP contribution in [0.3, 0.4) is 0 Å². The second-order valence-corrected chi connectivity index (χ2v) is 10.6. The van der Waals surface area contributed by atoms with E-state index >= 15 is 0 Å². The van der Waals surface area contributed by atoms with Crippen molar-refractivity contribution in [2.45, 2.75) is 44.9 Å². The Kier molecular flexibility index (Phi) is 7.70. The zero-order chi connectivity index (χ0) is 29.4. The Bertz CT molecular complexity index is 1490. The van der Waals surface area contributed by atoms with Gasteiger partial charge >= 0.3 is 6.18 Å². The normalized spacial score (nSPS) is 17.3. The summed E-state index contributed by atoms with van der Waals surface area (Å²) in [6.45, 7) is 5.67. The summed E-state index contributed by atoms with van der Waals surface area (Å²) >= 11 is 0. The highest BCUT2D eigenvalue weighted by atomic mass is 19.4. The molecule has 40 heavy (non-hydrogen) atoms. The number of benzene rings is 3. The molecule has 1 amide bonds. The molecule has 1 saturated heterocycles. The number of hydrogen-bond acceptors (Lipinski definition) is 5. The first-order valence-electron chi connectivity index (χ1n) is 12.5. The molecule has 1 aliphatic heterocycles. The van der Waals surface area contributed by atoms with Crippen LogP contribution in [-0.4, -0.2) is 35.9 Å².